The summed E-state index contributed by atoms with van der Waals surface area (Å²) in [6, 6.07) is 4.29. The van der Waals surface area contributed by atoms with Crippen molar-refractivity contribution in [2.24, 2.45) is 5.92 Å². The van der Waals surface area contributed by atoms with Crippen LogP contribution < -0.4 is 5.32 Å². The Morgan fingerprint density at radius 3 is 2.70 bits per heavy atom. The van der Waals surface area contributed by atoms with Crippen molar-refractivity contribution in [2.75, 3.05) is 6.54 Å². The first-order valence-electron chi connectivity index (χ1n) is 7.65. The standard InChI is InChI=1S/C16H26N2OS/c1-5-6-13-16(19)18(10-9-11(2)3)15(17-13)14-8-7-12(4)20-14/h7-8,11,13,15,17H,5-6,9-10H2,1-4H3. The highest BCUT2D eigenvalue weighted by molar-refractivity contribution is 7.12. The van der Waals surface area contributed by atoms with Crippen LogP contribution in [0.2, 0.25) is 0 Å². The summed E-state index contributed by atoms with van der Waals surface area (Å²) in [5.74, 6) is 0.905. The van der Waals surface area contributed by atoms with Crippen LogP contribution in [-0.2, 0) is 4.79 Å². The molecule has 0 saturated carbocycles. The number of hydrogen-bond donors (Lipinski definition) is 1. The summed E-state index contributed by atoms with van der Waals surface area (Å²) in [4.78, 5) is 17.2. The number of nitrogens with one attached hydrogen (secondary N) is 1. The molecule has 1 amide bonds. The van der Waals surface area contributed by atoms with E-state index in [0.717, 1.165) is 25.8 Å². The van der Waals surface area contributed by atoms with Crippen molar-refractivity contribution in [1.82, 2.24) is 10.2 Å². The maximum Gasteiger partial charge on any atom is 0.241 e. The van der Waals surface area contributed by atoms with Gasteiger partial charge in [0.15, 0.2) is 0 Å². The van der Waals surface area contributed by atoms with Crippen LogP contribution in [0.15, 0.2) is 12.1 Å². The van der Waals surface area contributed by atoms with Crippen molar-refractivity contribution in [3.8, 4) is 0 Å². The monoisotopic (exact) mass is 294 g/mol. The first kappa shape index (κ1) is 15.5. The molecule has 1 aliphatic heterocycles. The van der Waals surface area contributed by atoms with E-state index in [1.54, 1.807) is 11.3 Å². The third kappa shape index (κ3) is 3.41. The predicted octanol–water partition coefficient (Wildman–Crippen LogP) is 3.70. The summed E-state index contributed by atoms with van der Waals surface area (Å²) in [7, 11) is 0. The molecular formula is C16H26N2OS. The Labute approximate surface area is 126 Å². The lowest BCUT2D eigenvalue weighted by Crippen LogP contribution is -2.32. The molecule has 4 heteroatoms. The summed E-state index contributed by atoms with van der Waals surface area (Å²) >= 11 is 1.79. The molecule has 0 bridgehead atoms. The first-order valence-corrected chi connectivity index (χ1v) is 8.47. The van der Waals surface area contributed by atoms with Gasteiger partial charge in [-0.2, -0.15) is 0 Å². The van der Waals surface area contributed by atoms with E-state index < -0.39 is 0 Å². The zero-order valence-corrected chi connectivity index (χ0v) is 13.8. The van der Waals surface area contributed by atoms with E-state index in [0.29, 0.717) is 5.92 Å². The molecule has 1 fully saturated rings. The molecule has 2 rings (SSSR count). The van der Waals surface area contributed by atoms with Gasteiger partial charge in [-0.3, -0.25) is 10.1 Å². The maximum atomic E-state index is 12.6. The Morgan fingerprint density at radius 1 is 1.40 bits per heavy atom. The van der Waals surface area contributed by atoms with Crippen molar-refractivity contribution in [3.05, 3.63) is 21.9 Å². The third-order valence-corrected chi connectivity index (χ3v) is 4.86. The molecule has 1 saturated heterocycles. The van der Waals surface area contributed by atoms with Crippen molar-refractivity contribution in [2.45, 2.75) is 59.2 Å². The van der Waals surface area contributed by atoms with Gasteiger partial charge in [-0.15, -0.1) is 11.3 Å². The van der Waals surface area contributed by atoms with Crippen LogP contribution in [-0.4, -0.2) is 23.4 Å². The lowest BCUT2D eigenvalue weighted by Gasteiger charge is -2.24. The molecular weight excluding hydrogens is 268 g/mol. The van der Waals surface area contributed by atoms with E-state index >= 15 is 0 Å². The summed E-state index contributed by atoms with van der Waals surface area (Å²) in [5.41, 5.74) is 0. The van der Waals surface area contributed by atoms with Crippen LogP contribution in [0, 0.1) is 12.8 Å². The van der Waals surface area contributed by atoms with Gasteiger partial charge in [0.25, 0.3) is 0 Å². The highest BCUT2D eigenvalue weighted by Crippen LogP contribution is 2.31. The zero-order valence-electron chi connectivity index (χ0n) is 13.0. The highest BCUT2D eigenvalue weighted by atomic mass is 32.1. The molecule has 112 valence electrons. The summed E-state index contributed by atoms with van der Waals surface area (Å²) in [5, 5.41) is 3.53. The smallest absolute Gasteiger partial charge is 0.241 e. The molecule has 2 unspecified atom stereocenters. The van der Waals surface area contributed by atoms with Gasteiger partial charge in [-0.25, -0.2) is 0 Å². The van der Waals surface area contributed by atoms with Crippen LogP contribution >= 0.6 is 11.3 Å². The summed E-state index contributed by atoms with van der Waals surface area (Å²) in [6.45, 7) is 9.53. The Hall–Kier alpha value is -0.870. The minimum atomic E-state index is -0.000400. The van der Waals surface area contributed by atoms with Gasteiger partial charge in [-0.05, 0) is 37.8 Å². The Kier molecular flexibility index (Phi) is 5.22. The average Bonchev–Trinajstić information content (AvgIpc) is 2.93. The minimum Gasteiger partial charge on any atom is -0.321 e. The van der Waals surface area contributed by atoms with Crippen LogP contribution in [0.4, 0.5) is 0 Å². The van der Waals surface area contributed by atoms with Gasteiger partial charge >= 0.3 is 0 Å². The number of nitrogens with zero attached hydrogens (tertiary/aromatic N) is 1. The summed E-state index contributed by atoms with van der Waals surface area (Å²) in [6.07, 6.45) is 3.11. The fourth-order valence-electron chi connectivity index (χ4n) is 2.65. The van der Waals surface area contributed by atoms with Crippen molar-refractivity contribution >= 4 is 17.2 Å². The van der Waals surface area contributed by atoms with Crippen LogP contribution in [0.1, 0.15) is 56.0 Å². The van der Waals surface area contributed by atoms with E-state index in [1.165, 1.54) is 9.75 Å². The second-order valence-corrected chi connectivity index (χ2v) is 7.39. The Bertz CT molecular complexity index is 455. The number of carbonyl (C=O) groups is 1. The Morgan fingerprint density at radius 2 is 2.15 bits per heavy atom. The van der Waals surface area contributed by atoms with E-state index in [-0.39, 0.29) is 18.1 Å². The van der Waals surface area contributed by atoms with Gasteiger partial charge in [-0.1, -0.05) is 27.2 Å². The fourth-order valence-corrected chi connectivity index (χ4v) is 3.60. The van der Waals surface area contributed by atoms with E-state index in [4.69, 9.17) is 0 Å². The molecule has 2 heterocycles. The second-order valence-electron chi connectivity index (χ2n) is 6.07. The largest absolute Gasteiger partial charge is 0.321 e. The molecule has 1 aromatic heterocycles. The number of rotatable bonds is 6. The number of carbonyl (C=O) groups excluding carboxylic acids is 1. The molecule has 1 aliphatic rings. The number of aryl methyl sites for hydroxylation is 1. The second kappa shape index (κ2) is 6.72. The average molecular weight is 294 g/mol. The normalized spacial score (nSPS) is 23.1. The topological polar surface area (TPSA) is 32.3 Å². The van der Waals surface area contributed by atoms with Crippen LogP contribution in [0.3, 0.4) is 0 Å². The molecule has 2 atom stereocenters. The molecule has 0 spiro atoms. The molecule has 1 N–H and O–H groups in total. The Balaban J connectivity index is 2.15. The number of hydrogen-bond acceptors (Lipinski definition) is 3. The third-order valence-electron chi connectivity index (χ3n) is 3.81. The van der Waals surface area contributed by atoms with E-state index in [2.05, 4.69) is 45.1 Å². The number of thiophene rings is 1. The first-order chi connectivity index (χ1) is 9.52. The summed E-state index contributed by atoms with van der Waals surface area (Å²) < 4.78 is 0. The fraction of sp³-hybridized carbons (Fsp3) is 0.688. The zero-order chi connectivity index (χ0) is 14.7. The van der Waals surface area contributed by atoms with E-state index in [9.17, 15) is 4.79 Å². The van der Waals surface area contributed by atoms with Crippen LogP contribution in [0.25, 0.3) is 0 Å². The maximum absolute atomic E-state index is 12.6. The molecule has 0 aliphatic carbocycles. The van der Waals surface area contributed by atoms with Crippen molar-refractivity contribution in [1.29, 1.82) is 0 Å². The van der Waals surface area contributed by atoms with Gasteiger partial charge in [0.05, 0.1) is 6.04 Å². The minimum absolute atomic E-state index is 0.000400. The molecule has 0 radical (unpaired) electrons. The van der Waals surface area contributed by atoms with Gasteiger partial charge in [0.1, 0.15) is 6.17 Å². The molecule has 20 heavy (non-hydrogen) atoms. The van der Waals surface area contributed by atoms with Gasteiger partial charge in [0, 0.05) is 16.3 Å². The number of amides is 1. The lowest BCUT2D eigenvalue weighted by molar-refractivity contribution is -0.130. The quantitative estimate of drug-likeness (QED) is 0.867. The van der Waals surface area contributed by atoms with Gasteiger partial charge in [0.2, 0.25) is 5.91 Å². The van der Waals surface area contributed by atoms with E-state index in [1.807, 2.05) is 4.90 Å². The molecule has 3 nitrogen and oxygen atoms in total. The van der Waals surface area contributed by atoms with Gasteiger partial charge < -0.3 is 4.90 Å². The van der Waals surface area contributed by atoms with Crippen molar-refractivity contribution < 1.29 is 4.79 Å². The van der Waals surface area contributed by atoms with Crippen LogP contribution in [0.5, 0.6) is 0 Å². The predicted molar refractivity (Wildman–Crippen MR) is 84.8 cm³/mol. The molecule has 1 aromatic rings. The SMILES string of the molecule is CCCC1NC(c2ccc(C)s2)N(CCC(C)C)C1=O. The van der Waals surface area contributed by atoms with Crippen molar-refractivity contribution in [3.63, 3.8) is 0 Å². The highest BCUT2D eigenvalue weighted by Gasteiger charge is 2.39. The lowest BCUT2D eigenvalue weighted by atomic mass is 10.1. The molecule has 0 aromatic carbocycles.